The van der Waals surface area contributed by atoms with Gasteiger partial charge in [-0.1, -0.05) is 24.3 Å². The second-order valence-electron chi connectivity index (χ2n) is 5.57. The first kappa shape index (κ1) is 17.4. The Balaban J connectivity index is 1.86. The molecule has 6 nitrogen and oxygen atoms in total. The molecular formula is C20H18N2O4. The maximum Gasteiger partial charge on any atom is 0.363 e. The van der Waals surface area contributed by atoms with Crippen LogP contribution in [-0.2, 0) is 14.3 Å². The topological polar surface area (TPSA) is 77.0 Å². The van der Waals surface area contributed by atoms with Gasteiger partial charge in [0.05, 0.1) is 12.2 Å². The molecule has 1 aliphatic heterocycles. The lowest BCUT2D eigenvalue weighted by molar-refractivity contribution is -0.129. The van der Waals surface area contributed by atoms with Crippen molar-refractivity contribution >= 4 is 29.5 Å². The molecule has 0 aliphatic carbocycles. The molecule has 132 valence electrons. The lowest BCUT2D eigenvalue weighted by Gasteiger charge is -2.08. The smallest absolute Gasteiger partial charge is 0.363 e. The van der Waals surface area contributed by atoms with Crippen LogP contribution in [0.3, 0.4) is 0 Å². The second kappa shape index (κ2) is 7.65. The lowest BCUT2D eigenvalue weighted by atomic mass is 10.1. The molecule has 0 saturated heterocycles. The van der Waals surface area contributed by atoms with Crippen LogP contribution in [0.15, 0.2) is 59.2 Å². The summed E-state index contributed by atoms with van der Waals surface area (Å²) in [7, 11) is 0. The van der Waals surface area contributed by atoms with E-state index in [-0.39, 0.29) is 17.5 Å². The van der Waals surface area contributed by atoms with Crippen LogP contribution in [0.2, 0.25) is 0 Å². The largest absolute Gasteiger partial charge is 0.493 e. The number of nitrogens with zero attached hydrogens (tertiary/aromatic N) is 1. The Kier molecular flexibility index (Phi) is 5.12. The molecule has 0 atom stereocenters. The van der Waals surface area contributed by atoms with Crippen molar-refractivity contribution in [2.45, 2.75) is 13.8 Å². The fourth-order valence-corrected chi connectivity index (χ4v) is 2.47. The second-order valence-corrected chi connectivity index (χ2v) is 5.57. The van der Waals surface area contributed by atoms with Gasteiger partial charge in [0, 0.05) is 12.6 Å². The summed E-state index contributed by atoms with van der Waals surface area (Å²) in [4.78, 5) is 27.5. The van der Waals surface area contributed by atoms with Gasteiger partial charge in [-0.3, -0.25) is 4.79 Å². The number of ether oxygens (including phenoxy) is 2. The minimum absolute atomic E-state index is 0.141. The Morgan fingerprint density at radius 2 is 1.92 bits per heavy atom. The van der Waals surface area contributed by atoms with Crippen molar-refractivity contribution in [3.63, 3.8) is 0 Å². The third kappa shape index (κ3) is 3.97. The van der Waals surface area contributed by atoms with Crippen molar-refractivity contribution in [2.75, 3.05) is 11.9 Å². The number of benzene rings is 2. The number of rotatable bonds is 5. The quantitative estimate of drug-likeness (QED) is 0.662. The predicted molar refractivity (Wildman–Crippen MR) is 99.0 cm³/mol. The number of anilines is 1. The van der Waals surface area contributed by atoms with Crippen LogP contribution in [0.1, 0.15) is 25.0 Å². The molecule has 0 spiro atoms. The molecule has 2 aromatic rings. The molecule has 1 heterocycles. The molecule has 2 aromatic carbocycles. The first-order chi connectivity index (χ1) is 12.6. The van der Waals surface area contributed by atoms with E-state index in [1.165, 1.54) is 6.92 Å². The maximum atomic E-state index is 12.1. The summed E-state index contributed by atoms with van der Waals surface area (Å²) >= 11 is 0. The number of carbonyl (C=O) groups is 2. The van der Waals surface area contributed by atoms with E-state index in [0.717, 1.165) is 5.56 Å². The zero-order valence-electron chi connectivity index (χ0n) is 14.5. The van der Waals surface area contributed by atoms with Crippen molar-refractivity contribution in [3.8, 4) is 5.75 Å². The van der Waals surface area contributed by atoms with Gasteiger partial charge in [0.15, 0.2) is 5.70 Å². The van der Waals surface area contributed by atoms with Gasteiger partial charge < -0.3 is 14.8 Å². The van der Waals surface area contributed by atoms with E-state index in [1.807, 2.05) is 19.1 Å². The summed E-state index contributed by atoms with van der Waals surface area (Å²) in [6.07, 6.45) is 1.64. The van der Waals surface area contributed by atoms with Crippen LogP contribution in [0.4, 0.5) is 5.69 Å². The summed E-state index contributed by atoms with van der Waals surface area (Å²) < 4.78 is 10.9. The van der Waals surface area contributed by atoms with Crippen molar-refractivity contribution in [3.05, 3.63) is 65.4 Å². The highest BCUT2D eigenvalue weighted by atomic mass is 16.6. The summed E-state index contributed by atoms with van der Waals surface area (Å²) in [5.41, 5.74) is 2.29. The Morgan fingerprint density at radius 1 is 1.19 bits per heavy atom. The van der Waals surface area contributed by atoms with E-state index in [9.17, 15) is 9.59 Å². The number of aliphatic imine (C=N–C) groups is 1. The van der Waals surface area contributed by atoms with Crippen LogP contribution in [0.25, 0.3) is 6.08 Å². The number of hydrogen-bond donors (Lipinski definition) is 1. The number of amides is 1. The van der Waals surface area contributed by atoms with Gasteiger partial charge in [-0.25, -0.2) is 9.79 Å². The van der Waals surface area contributed by atoms with Crippen molar-refractivity contribution in [2.24, 2.45) is 4.99 Å². The number of cyclic esters (lactones) is 1. The van der Waals surface area contributed by atoms with Crippen molar-refractivity contribution < 1.29 is 19.1 Å². The first-order valence-electron chi connectivity index (χ1n) is 8.19. The van der Waals surface area contributed by atoms with E-state index in [4.69, 9.17) is 9.47 Å². The minimum atomic E-state index is -0.516. The maximum absolute atomic E-state index is 12.1. The monoisotopic (exact) mass is 350 g/mol. The van der Waals surface area contributed by atoms with E-state index < -0.39 is 5.97 Å². The third-order valence-corrected chi connectivity index (χ3v) is 3.57. The molecule has 1 aliphatic rings. The number of carbonyl (C=O) groups excluding carboxylic acids is 2. The number of hydrogen-bond acceptors (Lipinski definition) is 5. The zero-order valence-corrected chi connectivity index (χ0v) is 14.5. The average Bonchev–Trinajstić information content (AvgIpc) is 2.97. The molecule has 6 heteroatoms. The molecule has 1 N–H and O–H groups in total. The van der Waals surface area contributed by atoms with Crippen LogP contribution in [0, 0.1) is 0 Å². The lowest BCUT2D eigenvalue weighted by Crippen LogP contribution is -2.07. The van der Waals surface area contributed by atoms with Crippen molar-refractivity contribution in [1.82, 2.24) is 0 Å². The normalized spacial score (nSPS) is 14.8. The van der Waals surface area contributed by atoms with Crippen LogP contribution >= 0.6 is 0 Å². The Labute approximate surface area is 151 Å². The highest BCUT2D eigenvalue weighted by molar-refractivity contribution is 6.13. The van der Waals surface area contributed by atoms with Gasteiger partial charge in [0.2, 0.25) is 11.8 Å². The molecule has 0 aromatic heterocycles. The van der Waals surface area contributed by atoms with E-state index in [1.54, 1.807) is 42.5 Å². The first-order valence-corrected chi connectivity index (χ1v) is 8.19. The van der Waals surface area contributed by atoms with Gasteiger partial charge in [-0.15, -0.1) is 0 Å². The molecule has 0 bridgehead atoms. The molecule has 0 radical (unpaired) electrons. The van der Waals surface area contributed by atoms with Crippen molar-refractivity contribution in [1.29, 1.82) is 0 Å². The molecule has 0 unspecified atom stereocenters. The van der Waals surface area contributed by atoms with Gasteiger partial charge >= 0.3 is 5.97 Å². The van der Waals surface area contributed by atoms with E-state index in [0.29, 0.717) is 23.6 Å². The molecular weight excluding hydrogens is 332 g/mol. The summed E-state index contributed by atoms with van der Waals surface area (Å²) in [5, 5.41) is 2.69. The van der Waals surface area contributed by atoms with Gasteiger partial charge in [-0.2, -0.15) is 0 Å². The standard InChI is InChI=1S/C20H18N2O4/c1-3-25-18-7-5-4-6-16(18)19-22-17(20(24)26-19)12-14-8-10-15(11-9-14)21-13(2)23/h4-12H,3H2,1-2H3,(H,21,23)/b17-12-. The molecule has 26 heavy (non-hydrogen) atoms. The molecule has 0 fully saturated rings. The summed E-state index contributed by atoms with van der Waals surface area (Å²) in [6.45, 7) is 3.83. The Morgan fingerprint density at radius 3 is 2.62 bits per heavy atom. The van der Waals surface area contributed by atoms with Crippen LogP contribution < -0.4 is 10.1 Å². The summed E-state index contributed by atoms with van der Waals surface area (Å²) in [6, 6.07) is 14.3. The average molecular weight is 350 g/mol. The van der Waals surface area contributed by atoms with Crippen LogP contribution in [0.5, 0.6) is 5.75 Å². The summed E-state index contributed by atoms with van der Waals surface area (Å²) in [5.74, 6) is 0.178. The molecule has 1 amide bonds. The highest BCUT2D eigenvalue weighted by Gasteiger charge is 2.26. The predicted octanol–water partition coefficient (Wildman–Crippen LogP) is 3.39. The molecule has 0 saturated carbocycles. The van der Waals surface area contributed by atoms with E-state index >= 15 is 0 Å². The molecule has 3 rings (SSSR count). The Hall–Kier alpha value is -3.41. The minimum Gasteiger partial charge on any atom is -0.493 e. The Bertz CT molecular complexity index is 898. The van der Waals surface area contributed by atoms with Crippen LogP contribution in [-0.4, -0.2) is 24.4 Å². The van der Waals surface area contributed by atoms with Gasteiger partial charge in [0.25, 0.3) is 0 Å². The van der Waals surface area contributed by atoms with E-state index in [2.05, 4.69) is 10.3 Å². The third-order valence-electron chi connectivity index (χ3n) is 3.57. The fraction of sp³-hybridized carbons (Fsp3) is 0.150. The number of nitrogens with one attached hydrogen (secondary N) is 1. The fourth-order valence-electron chi connectivity index (χ4n) is 2.47. The SMILES string of the molecule is CCOc1ccccc1C1=N/C(=C\c2ccc(NC(C)=O)cc2)C(=O)O1. The zero-order chi connectivity index (χ0) is 18.5. The number of esters is 1. The number of para-hydroxylation sites is 1. The van der Waals surface area contributed by atoms with Gasteiger partial charge in [0.1, 0.15) is 5.75 Å². The van der Waals surface area contributed by atoms with Gasteiger partial charge in [-0.05, 0) is 42.8 Å². The highest BCUT2D eigenvalue weighted by Crippen LogP contribution is 2.25.